The van der Waals surface area contributed by atoms with Crippen LogP contribution in [-0.2, 0) is 38.4 Å². The summed E-state index contributed by atoms with van der Waals surface area (Å²) in [5.74, 6) is -5.22. The largest absolute Gasteiger partial charge is 0.544 e. The summed E-state index contributed by atoms with van der Waals surface area (Å²) in [5, 5.41) is 22.1. The van der Waals surface area contributed by atoms with Crippen molar-refractivity contribution >= 4 is 47.4 Å². The maximum absolute atomic E-state index is 11.3. The summed E-state index contributed by atoms with van der Waals surface area (Å²) < 4.78 is 0. The highest BCUT2D eigenvalue weighted by molar-refractivity contribution is 5.77. The van der Waals surface area contributed by atoms with Crippen LogP contribution >= 0.6 is 0 Å². The van der Waals surface area contributed by atoms with Gasteiger partial charge in [-0.2, -0.15) is 0 Å². The van der Waals surface area contributed by atoms with E-state index in [0.29, 0.717) is 105 Å². The molecule has 2 rings (SSSR count). The van der Waals surface area contributed by atoms with Crippen molar-refractivity contribution in [3.63, 3.8) is 0 Å². The zero-order valence-corrected chi connectivity index (χ0v) is 34.2. The Hall–Kier alpha value is -4.72. The van der Waals surface area contributed by atoms with Crippen molar-refractivity contribution in [1.29, 1.82) is 0 Å². The van der Waals surface area contributed by atoms with Gasteiger partial charge in [0.25, 0.3) is 0 Å². The van der Waals surface area contributed by atoms with Gasteiger partial charge in [-0.25, -0.2) is 0 Å². The number of carbonyl (C=O) groups excluding carboxylic acids is 8. The molecule has 28 nitrogen and oxygen atoms in total. The van der Waals surface area contributed by atoms with E-state index >= 15 is 0 Å². The second-order valence-corrected chi connectivity index (χ2v) is 14.1. The lowest BCUT2D eigenvalue weighted by molar-refractivity contribution is -0.893. The second-order valence-electron chi connectivity index (χ2n) is 14.1. The standard InChI is InChI=1S/2C16H31N7O5.4H2O/c2*17-13(24)9-20-1-3-21(10-14(18)25)5-7-23(12-16(27)28)8-6-22(4-2-20)11-15(19)26;;;;/h2*1-12H2,(H2,17,24)(H2,18,25)(H2,19,26)(H,27,28);4*1H2. The molecule has 60 heavy (non-hydrogen) atoms. The van der Waals surface area contributed by atoms with Crippen molar-refractivity contribution in [2.45, 2.75) is 0 Å². The molecule has 0 bridgehead atoms. The normalized spacial score (nSPS) is 18.1. The Bertz CT molecular complexity index is 1000. The Labute approximate surface area is 348 Å². The van der Waals surface area contributed by atoms with Gasteiger partial charge < -0.3 is 85.9 Å². The molecule has 0 aromatic rings. The lowest BCUT2D eigenvalue weighted by Gasteiger charge is -2.32. The zero-order chi connectivity index (χ0) is 42.2. The highest BCUT2D eigenvalue weighted by Crippen LogP contribution is 1.98. The van der Waals surface area contributed by atoms with E-state index in [1.54, 1.807) is 0 Å². The molecule has 0 saturated carbocycles. The maximum atomic E-state index is 11.3. The van der Waals surface area contributed by atoms with Gasteiger partial charge in [-0.05, 0) is 0 Å². The van der Waals surface area contributed by atoms with Crippen LogP contribution in [-0.4, -0.2) is 256 Å². The van der Waals surface area contributed by atoms with Crippen molar-refractivity contribution in [1.82, 2.24) is 29.4 Å². The molecule has 28 heteroatoms. The second kappa shape index (κ2) is 34.0. The predicted molar refractivity (Wildman–Crippen MR) is 209 cm³/mol. The predicted octanol–water partition coefficient (Wildman–Crippen LogP) is -17.3. The van der Waals surface area contributed by atoms with Crippen LogP contribution in [0, 0.1) is 0 Å². The fourth-order valence-electron chi connectivity index (χ4n) is 6.35. The highest BCUT2D eigenvalue weighted by atomic mass is 16.4. The molecule has 0 aliphatic carbocycles. The number of amides is 6. The third-order valence-electron chi connectivity index (χ3n) is 9.12. The molecule has 2 aliphatic heterocycles. The minimum Gasteiger partial charge on any atom is -0.544 e. The van der Waals surface area contributed by atoms with Crippen molar-refractivity contribution in [3.05, 3.63) is 0 Å². The molecule has 0 unspecified atom stereocenters. The van der Waals surface area contributed by atoms with E-state index in [9.17, 15) is 48.6 Å². The molecule has 2 saturated heterocycles. The molecule has 2 fully saturated rings. The smallest absolute Gasteiger partial charge is 0.231 e. The minimum atomic E-state index is -1.17. The molecule has 22 N–H and O–H groups in total. The topological polar surface area (TPSA) is 493 Å². The first-order valence-corrected chi connectivity index (χ1v) is 18.4. The van der Waals surface area contributed by atoms with Crippen LogP contribution in [0.25, 0.3) is 0 Å². The Balaban J connectivity index is -0.000000490. The van der Waals surface area contributed by atoms with Crippen molar-refractivity contribution < 1.29 is 80.3 Å². The van der Waals surface area contributed by atoms with Gasteiger partial charge in [0, 0.05) is 78.5 Å². The first-order valence-electron chi connectivity index (χ1n) is 18.4. The Kier molecular flexibility index (Phi) is 35.1. The number of nitrogens with two attached hydrogens (primary N) is 6. The lowest BCUT2D eigenvalue weighted by Crippen LogP contribution is -3.14. The van der Waals surface area contributed by atoms with Gasteiger partial charge in [-0.15, -0.1) is 0 Å². The fourth-order valence-corrected chi connectivity index (χ4v) is 6.35. The number of carbonyl (C=O) groups is 8. The summed E-state index contributed by atoms with van der Waals surface area (Å²) in [5.41, 5.74) is 31.8. The number of rotatable bonds is 16. The first kappa shape index (κ1) is 61.9. The van der Waals surface area contributed by atoms with Crippen LogP contribution in [0.5, 0.6) is 0 Å². The summed E-state index contributed by atoms with van der Waals surface area (Å²) >= 11 is 0. The van der Waals surface area contributed by atoms with Crippen LogP contribution in [0.15, 0.2) is 0 Å². The van der Waals surface area contributed by atoms with Gasteiger partial charge in [0.1, 0.15) is 13.1 Å². The third-order valence-corrected chi connectivity index (χ3v) is 9.12. The van der Waals surface area contributed by atoms with Crippen LogP contribution < -0.4 is 54.4 Å². The van der Waals surface area contributed by atoms with E-state index in [1.165, 1.54) is 0 Å². The van der Waals surface area contributed by atoms with Crippen molar-refractivity contribution in [3.8, 4) is 0 Å². The van der Waals surface area contributed by atoms with E-state index in [-0.39, 0.29) is 74.3 Å². The number of carboxylic acids is 2. The quantitative estimate of drug-likeness (QED) is 0.0714. The maximum Gasteiger partial charge on any atom is 0.231 e. The third kappa shape index (κ3) is 32.2. The Morgan fingerprint density at radius 2 is 0.483 bits per heavy atom. The summed E-state index contributed by atoms with van der Waals surface area (Å²) in [6.45, 7) is 7.27. The molecule has 0 atom stereocenters. The summed E-state index contributed by atoms with van der Waals surface area (Å²) in [7, 11) is 0. The molecule has 2 heterocycles. The van der Waals surface area contributed by atoms with Gasteiger partial charge in [-0.1, -0.05) is 0 Å². The summed E-state index contributed by atoms with van der Waals surface area (Å²) in [6, 6.07) is 0. The van der Waals surface area contributed by atoms with Crippen LogP contribution in [0.3, 0.4) is 0 Å². The Morgan fingerprint density at radius 3 is 0.617 bits per heavy atom. The van der Waals surface area contributed by atoms with E-state index in [2.05, 4.69) is 0 Å². The SMILES string of the molecule is NC(=O)CN1CCN(CC(N)=O)CC[NH+](CC(=O)[O-])CCN(CC(N)=O)CC1.NC(=O)CN1CCN(CC(N)=O)CC[NH+](CC(=O)[O-])CCN(CC(N)=O)CC1.O.O.O.O. The van der Waals surface area contributed by atoms with Gasteiger partial charge in [0.15, 0.2) is 0 Å². The van der Waals surface area contributed by atoms with Crippen LogP contribution in [0.2, 0.25) is 0 Å². The fraction of sp³-hybridized carbons (Fsp3) is 0.750. The van der Waals surface area contributed by atoms with Crippen LogP contribution in [0.4, 0.5) is 0 Å². The molecular formula is C32H70N14O14. The number of nitrogens with one attached hydrogen (secondary N) is 2. The zero-order valence-electron chi connectivity index (χ0n) is 34.2. The Morgan fingerprint density at radius 1 is 0.333 bits per heavy atom. The number of nitrogens with zero attached hydrogens (tertiary/aromatic N) is 6. The number of carboxylic acid groups (broad SMARTS) is 2. The average molecular weight is 875 g/mol. The number of hydrogen-bond donors (Lipinski definition) is 8. The van der Waals surface area contributed by atoms with E-state index in [1.807, 2.05) is 29.4 Å². The minimum absolute atomic E-state index is 0. The van der Waals surface area contributed by atoms with Gasteiger partial charge >= 0.3 is 0 Å². The van der Waals surface area contributed by atoms with E-state index in [0.717, 1.165) is 9.80 Å². The first-order chi connectivity index (χ1) is 26.3. The van der Waals surface area contributed by atoms with Gasteiger partial charge in [0.2, 0.25) is 35.4 Å². The van der Waals surface area contributed by atoms with E-state index < -0.39 is 47.4 Å². The molecule has 0 spiro atoms. The number of primary amides is 6. The summed E-state index contributed by atoms with van der Waals surface area (Å²) in [4.78, 5) is 103. The molecule has 2 aliphatic rings. The monoisotopic (exact) mass is 875 g/mol. The molecular weight excluding hydrogens is 804 g/mol. The number of aliphatic carboxylic acids is 2. The summed E-state index contributed by atoms with van der Waals surface area (Å²) in [6.07, 6.45) is 0. The van der Waals surface area contributed by atoms with Gasteiger partial charge in [0.05, 0.1) is 77.4 Å². The van der Waals surface area contributed by atoms with Crippen molar-refractivity contribution in [2.75, 3.05) is 157 Å². The highest BCUT2D eigenvalue weighted by Gasteiger charge is 2.22. The molecule has 0 aromatic carbocycles. The van der Waals surface area contributed by atoms with Crippen molar-refractivity contribution in [2.24, 2.45) is 34.4 Å². The number of hydrogen-bond acceptors (Lipinski definition) is 16. The van der Waals surface area contributed by atoms with Gasteiger partial charge in [-0.3, -0.25) is 58.2 Å². The molecule has 6 amide bonds. The molecule has 352 valence electrons. The lowest BCUT2D eigenvalue weighted by atomic mass is 10.3. The van der Waals surface area contributed by atoms with E-state index in [4.69, 9.17) is 34.4 Å². The van der Waals surface area contributed by atoms with Crippen LogP contribution in [0.1, 0.15) is 0 Å². The molecule has 0 radical (unpaired) electrons. The average Bonchev–Trinajstić information content (AvgIpc) is 3.05. The molecule has 0 aromatic heterocycles. The number of quaternary nitrogens is 2.